The lowest BCUT2D eigenvalue weighted by molar-refractivity contribution is -0.192. The van der Waals surface area contributed by atoms with Crippen LogP contribution >= 0.6 is 0 Å². The molecule has 5 rings (SSSR count). The zero-order valence-corrected chi connectivity index (χ0v) is 31.8. The SMILES string of the molecule is O=C(CCN(OCc1ccccc1)C(=O)CCCc1ccc(-n2cc(CCCF)nn2)cc1)N[C@@H](CCC(=O)OCc1ccccc1)C(=O)OCc1ccccc1. The molecule has 0 unspecified atom stereocenters. The van der Waals surface area contributed by atoms with Gasteiger partial charge in [0.1, 0.15) is 25.9 Å². The van der Waals surface area contributed by atoms with Gasteiger partial charge in [-0.05, 0) is 66.5 Å². The maximum atomic E-state index is 13.5. The smallest absolute Gasteiger partial charge is 0.328 e. The lowest BCUT2D eigenvalue weighted by Gasteiger charge is -2.23. The third-order valence-electron chi connectivity index (χ3n) is 8.94. The van der Waals surface area contributed by atoms with E-state index in [2.05, 4.69) is 15.6 Å². The molecule has 5 aromatic rings. The molecule has 4 aromatic carbocycles. The van der Waals surface area contributed by atoms with Crippen molar-refractivity contribution in [2.75, 3.05) is 13.2 Å². The highest BCUT2D eigenvalue weighted by Crippen LogP contribution is 2.15. The number of hydrogen-bond acceptors (Lipinski definition) is 9. The number of amides is 2. The van der Waals surface area contributed by atoms with Gasteiger partial charge >= 0.3 is 11.9 Å². The largest absolute Gasteiger partial charge is 0.461 e. The topological polar surface area (TPSA) is 142 Å². The average Bonchev–Trinajstić information content (AvgIpc) is 3.73. The minimum absolute atomic E-state index is 0.00443. The number of halogens is 1. The van der Waals surface area contributed by atoms with Crippen LogP contribution in [0, 0.1) is 0 Å². The third kappa shape index (κ3) is 14.8. The molecule has 0 spiro atoms. The molecule has 0 radical (unpaired) electrons. The van der Waals surface area contributed by atoms with Crippen LogP contribution in [0.5, 0.6) is 0 Å². The highest BCUT2D eigenvalue weighted by Gasteiger charge is 2.25. The number of aryl methyl sites for hydroxylation is 2. The standard InChI is InChI=1S/C44H48FN5O7/c45-28-11-19-38-30-49(48-47-38)39-23-21-34(22-24-39)18-10-20-42(52)50(57-33-37-16-8-3-9-17-37)29-27-41(51)46-40(44(54)56-32-36-14-6-2-7-15-36)25-26-43(53)55-31-35-12-4-1-5-13-35/h1-9,12-17,21-24,30,40H,10-11,18-20,25-29,31-33H2,(H,46,51)/t40-/m0/s1. The number of nitrogens with one attached hydrogen (secondary N) is 1. The van der Waals surface area contributed by atoms with E-state index in [1.165, 1.54) is 5.06 Å². The first-order valence-corrected chi connectivity index (χ1v) is 19.1. The van der Waals surface area contributed by atoms with Gasteiger partial charge in [0.25, 0.3) is 0 Å². The Hall–Kier alpha value is -6.21. The van der Waals surface area contributed by atoms with E-state index in [0.29, 0.717) is 25.7 Å². The second-order valence-corrected chi connectivity index (χ2v) is 13.4. The molecule has 2 amide bonds. The van der Waals surface area contributed by atoms with Gasteiger partial charge in [0.15, 0.2) is 0 Å². The summed E-state index contributed by atoms with van der Waals surface area (Å²) in [6.07, 6.45) is 3.70. The Balaban J connectivity index is 1.15. The number of ether oxygens (including phenoxy) is 2. The van der Waals surface area contributed by atoms with Crippen LogP contribution in [0.2, 0.25) is 0 Å². The quantitative estimate of drug-likeness (QED) is 0.0574. The number of esters is 2. The number of aromatic nitrogens is 3. The number of alkyl halides is 1. The van der Waals surface area contributed by atoms with Gasteiger partial charge in [0.05, 0.1) is 30.8 Å². The maximum Gasteiger partial charge on any atom is 0.328 e. The summed E-state index contributed by atoms with van der Waals surface area (Å²) in [6, 6.07) is 34.3. The van der Waals surface area contributed by atoms with Crippen LogP contribution in [0.25, 0.3) is 5.69 Å². The highest BCUT2D eigenvalue weighted by atomic mass is 19.1. The fraction of sp³-hybridized carbons (Fsp3) is 0.318. The number of hydroxylamine groups is 2. The van der Waals surface area contributed by atoms with Crippen molar-refractivity contribution >= 4 is 23.8 Å². The van der Waals surface area contributed by atoms with Gasteiger partial charge < -0.3 is 14.8 Å². The van der Waals surface area contributed by atoms with Gasteiger partial charge in [0.2, 0.25) is 11.8 Å². The van der Waals surface area contributed by atoms with E-state index in [9.17, 15) is 23.6 Å². The minimum Gasteiger partial charge on any atom is -0.461 e. The highest BCUT2D eigenvalue weighted by molar-refractivity contribution is 5.85. The van der Waals surface area contributed by atoms with E-state index in [0.717, 1.165) is 33.6 Å². The molecule has 1 atom stereocenters. The van der Waals surface area contributed by atoms with Crippen LogP contribution in [0.15, 0.2) is 121 Å². The Morgan fingerprint density at radius 1 is 0.684 bits per heavy atom. The zero-order chi connectivity index (χ0) is 40.1. The first kappa shape index (κ1) is 41.9. The van der Waals surface area contributed by atoms with Crippen molar-refractivity contribution in [2.45, 2.75) is 77.2 Å². The van der Waals surface area contributed by atoms with Crippen molar-refractivity contribution in [3.8, 4) is 5.69 Å². The second kappa shape index (κ2) is 23.0. The number of rotatable bonds is 23. The molecular formula is C44H48FN5O7. The minimum atomic E-state index is -1.13. The van der Waals surface area contributed by atoms with Gasteiger partial charge in [-0.15, -0.1) is 5.10 Å². The van der Waals surface area contributed by atoms with Crippen LogP contribution in [0.1, 0.15) is 66.5 Å². The summed E-state index contributed by atoms with van der Waals surface area (Å²) in [7, 11) is 0. The Bertz CT molecular complexity index is 1980. The van der Waals surface area contributed by atoms with Crippen LogP contribution in [0.4, 0.5) is 4.39 Å². The molecule has 0 aliphatic rings. The lowest BCUT2D eigenvalue weighted by atomic mass is 10.1. The lowest BCUT2D eigenvalue weighted by Crippen LogP contribution is -2.43. The molecule has 1 heterocycles. The Morgan fingerprint density at radius 3 is 1.93 bits per heavy atom. The zero-order valence-electron chi connectivity index (χ0n) is 31.8. The molecule has 1 aromatic heterocycles. The molecule has 0 aliphatic heterocycles. The molecule has 57 heavy (non-hydrogen) atoms. The molecule has 0 saturated heterocycles. The van der Waals surface area contributed by atoms with Gasteiger partial charge in [-0.1, -0.05) is 108 Å². The first-order valence-electron chi connectivity index (χ1n) is 19.1. The summed E-state index contributed by atoms with van der Waals surface area (Å²) in [5.41, 5.74) is 5.02. The Labute approximate surface area is 331 Å². The monoisotopic (exact) mass is 777 g/mol. The van der Waals surface area contributed by atoms with E-state index in [1.54, 1.807) is 10.9 Å². The van der Waals surface area contributed by atoms with Crippen LogP contribution in [0.3, 0.4) is 0 Å². The normalized spacial score (nSPS) is 11.4. The van der Waals surface area contributed by atoms with Crippen molar-refractivity contribution in [3.63, 3.8) is 0 Å². The van der Waals surface area contributed by atoms with Crippen LogP contribution < -0.4 is 5.32 Å². The van der Waals surface area contributed by atoms with E-state index in [1.807, 2.05) is 115 Å². The molecule has 13 heteroatoms. The van der Waals surface area contributed by atoms with Crippen molar-refractivity contribution in [3.05, 3.63) is 149 Å². The van der Waals surface area contributed by atoms with E-state index < -0.39 is 30.6 Å². The van der Waals surface area contributed by atoms with Gasteiger partial charge in [-0.3, -0.25) is 23.6 Å². The van der Waals surface area contributed by atoms with Gasteiger partial charge in [0, 0.05) is 19.3 Å². The number of benzene rings is 4. The molecule has 0 aliphatic carbocycles. The van der Waals surface area contributed by atoms with Gasteiger partial charge in [-0.2, -0.15) is 0 Å². The predicted molar refractivity (Wildman–Crippen MR) is 210 cm³/mol. The van der Waals surface area contributed by atoms with Crippen molar-refractivity contribution < 1.29 is 37.9 Å². The summed E-state index contributed by atoms with van der Waals surface area (Å²) in [5, 5.41) is 12.1. The van der Waals surface area contributed by atoms with Crippen molar-refractivity contribution in [1.29, 1.82) is 0 Å². The number of nitrogens with zero attached hydrogens (tertiary/aromatic N) is 4. The van der Waals surface area contributed by atoms with E-state index in [4.69, 9.17) is 14.3 Å². The Kier molecular flexibility index (Phi) is 16.9. The third-order valence-corrected chi connectivity index (χ3v) is 8.94. The van der Waals surface area contributed by atoms with Crippen LogP contribution in [-0.2, 0) is 66.2 Å². The van der Waals surface area contributed by atoms with E-state index >= 15 is 0 Å². The molecular weight excluding hydrogens is 730 g/mol. The fourth-order valence-electron chi connectivity index (χ4n) is 5.78. The molecule has 0 saturated carbocycles. The summed E-state index contributed by atoms with van der Waals surface area (Å²) in [4.78, 5) is 58.5. The van der Waals surface area contributed by atoms with Crippen LogP contribution in [-0.4, -0.2) is 63.1 Å². The summed E-state index contributed by atoms with van der Waals surface area (Å²) in [6.45, 7) is -0.268. The molecule has 12 nitrogen and oxygen atoms in total. The predicted octanol–water partition coefficient (Wildman–Crippen LogP) is 6.59. The van der Waals surface area contributed by atoms with Crippen molar-refractivity contribution in [1.82, 2.24) is 25.4 Å². The molecule has 298 valence electrons. The molecule has 0 bridgehead atoms. The maximum absolute atomic E-state index is 13.5. The number of carbonyl (C=O) groups is 4. The molecule has 0 fully saturated rings. The number of hydrogen-bond donors (Lipinski definition) is 1. The average molecular weight is 778 g/mol. The Morgan fingerprint density at radius 2 is 1.30 bits per heavy atom. The van der Waals surface area contributed by atoms with E-state index in [-0.39, 0.29) is 58.0 Å². The summed E-state index contributed by atoms with van der Waals surface area (Å²) in [5.74, 6) is -2.02. The summed E-state index contributed by atoms with van der Waals surface area (Å²) < 4.78 is 25.1. The van der Waals surface area contributed by atoms with Crippen molar-refractivity contribution in [2.24, 2.45) is 0 Å². The molecule has 1 N–H and O–H groups in total. The first-order chi connectivity index (χ1) is 27.9. The summed E-state index contributed by atoms with van der Waals surface area (Å²) >= 11 is 0. The second-order valence-electron chi connectivity index (χ2n) is 13.4. The van der Waals surface area contributed by atoms with Gasteiger partial charge in [-0.25, -0.2) is 14.5 Å². The number of carbonyl (C=O) groups excluding carboxylic acids is 4. The fourth-order valence-corrected chi connectivity index (χ4v) is 5.78.